The van der Waals surface area contributed by atoms with Crippen LogP contribution in [0.4, 0.5) is 5.69 Å². The molecule has 2 aromatic rings. The van der Waals surface area contributed by atoms with Gasteiger partial charge in [-0.25, -0.2) is 0 Å². The summed E-state index contributed by atoms with van der Waals surface area (Å²) < 4.78 is 0. The largest absolute Gasteiger partial charge is 0.545 e. The van der Waals surface area contributed by atoms with E-state index < -0.39 is 16.9 Å². The van der Waals surface area contributed by atoms with Crippen LogP contribution in [-0.2, 0) is 11.2 Å². The number of hydrogen-bond donors (Lipinski definition) is 1. The van der Waals surface area contributed by atoms with Crippen LogP contribution >= 0.6 is 11.6 Å². The summed E-state index contributed by atoms with van der Waals surface area (Å²) in [5.74, 6) is -1.80. The van der Waals surface area contributed by atoms with Crippen LogP contribution in [0.1, 0.15) is 40.9 Å². The SMILES string of the molecule is CC(c1cc(C(=O)[O-])ccc1NC(=O)CCc1ccccc1Cl)[N+](=O)[O-]. The normalized spacial score (nSPS) is 11.6. The van der Waals surface area contributed by atoms with Crippen LogP contribution in [0, 0.1) is 10.1 Å². The Bertz CT molecular complexity index is 853. The molecule has 0 fully saturated rings. The standard InChI is InChI=1S/C18H17ClN2O5/c1-11(21(25)26)14-10-13(18(23)24)6-8-16(14)20-17(22)9-7-12-4-2-3-5-15(12)19/h2-6,8,10-11H,7,9H2,1H3,(H,20,22)(H,23,24)/p-1. The molecule has 1 amide bonds. The molecule has 1 atom stereocenters. The number of amides is 1. The predicted octanol–water partition coefficient (Wildman–Crippen LogP) is 2.61. The molecule has 0 aliphatic heterocycles. The van der Waals surface area contributed by atoms with E-state index in [0.29, 0.717) is 11.4 Å². The van der Waals surface area contributed by atoms with Gasteiger partial charge in [0.2, 0.25) is 11.9 Å². The van der Waals surface area contributed by atoms with Crippen molar-refractivity contribution < 1.29 is 19.6 Å². The highest BCUT2D eigenvalue weighted by molar-refractivity contribution is 6.31. The Morgan fingerprint density at radius 3 is 2.54 bits per heavy atom. The fraction of sp³-hybridized carbons (Fsp3) is 0.222. The third-order valence-electron chi connectivity index (χ3n) is 3.91. The Labute approximate surface area is 154 Å². The number of nitrogens with one attached hydrogen (secondary N) is 1. The van der Waals surface area contributed by atoms with Crippen LogP contribution in [-0.4, -0.2) is 16.8 Å². The average Bonchev–Trinajstić information content (AvgIpc) is 2.60. The number of nitrogens with zero attached hydrogens (tertiary/aromatic N) is 1. The topological polar surface area (TPSA) is 112 Å². The van der Waals surface area contributed by atoms with Gasteiger partial charge in [-0.2, -0.15) is 0 Å². The Morgan fingerprint density at radius 2 is 1.92 bits per heavy atom. The van der Waals surface area contributed by atoms with Crippen molar-refractivity contribution in [3.8, 4) is 0 Å². The summed E-state index contributed by atoms with van der Waals surface area (Å²) in [5, 5.41) is 25.2. The monoisotopic (exact) mass is 375 g/mol. The molecule has 26 heavy (non-hydrogen) atoms. The molecule has 0 aliphatic carbocycles. The molecule has 2 rings (SSSR count). The molecule has 0 aliphatic rings. The summed E-state index contributed by atoms with van der Waals surface area (Å²) in [7, 11) is 0. The number of carboxylic acid groups (broad SMARTS) is 1. The summed E-state index contributed by atoms with van der Waals surface area (Å²) >= 11 is 6.05. The number of aryl methyl sites for hydroxylation is 1. The molecule has 0 aromatic heterocycles. The first kappa shape index (κ1) is 19.4. The summed E-state index contributed by atoms with van der Waals surface area (Å²) in [6.45, 7) is 1.31. The van der Waals surface area contributed by atoms with E-state index >= 15 is 0 Å². The van der Waals surface area contributed by atoms with Gasteiger partial charge in [0.1, 0.15) is 0 Å². The minimum Gasteiger partial charge on any atom is -0.545 e. The Kier molecular flexibility index (Phi) is 6.30. The number of aromatic carboxylic acids is 1. The number of benzene rings is 2. The van der Waals surface area contributed by atoms with Crippen molar-refractivity contribution in [3.63, 3.8) is 0 Å². The number of halogens is 1. The number of nitro groups is 1. The molecule has 0 radical (unpaired) electrons. The van der Waals surface area contributed by atoms with Crippen molar-refractivity contribution in [2.24, 2.45) is 0 Å². The number of carboxylic acids is 1. The Morgan fingerprint density at radius 1 is 1.23 bits per heavy atom. The summed E-state index contributed by atoms with van der Waals surface area (Å²) in [6, 6.07) is 9.66. The van der Waals surface area contributed by atoms with Gasteiger partial charge in [0.25, 0.3) is 0 Å². The second-order valence-electron chi connectivity index (χ2n) is 5.69. The van der Waals surface area contributed by atoms with Crippen molar-refractivity contribution in [3.05, 3.63) is 74.3 Å². The van der Waals surface area contributed by atoms with E-state index in [0.717, 1.165) is 11.6 Å². The maximum Gasteiger partial charge on any atom is 0.237 e. The lowest BCUT2D eigenvalue weighted by Crippen LogP contribution is -2.23. The van der Waals surface area contributed by atoms with E-state index in [1.165, 1.54) is 19.1 Å². The van der Waals surface area contributed by atoms with E-state index in [1.807, 2.05) is 12.1 Å². The van der Waals surface area contributed by atoms with Crippen LogP contribution in [0.15, 0.2) is 42.5 Å². The van der Waals surface area contributed by atoms with E-state index in [2.05, 4.69) is 5.32 Å². The van der Waals surface area contributed by atoms with Crippen LogP contribution in [0.25, 0.3) is 0 Å². The lowest BCUT2D eigenvalue weighted by atomic mass is 10.0. The molecular weight excluding hydrogens is 360 g/mol. The number of carbonyl (C=O) groups is 2. The molecule has 1 unspecified atom stereocenters. The zero-order chi connectivity index (χ0) is 19.3. The maximum absolute atomic E-state index is 12.2. The highest BCUT2D eigenvalue weighted by Gasteiger charge is 2.22. The molecule has 0 heterocycles. The molecule has 2 aromatic carbocycles. The average molecular weight is 376 g/mol. The fourth-order valence-electron chi connectivity index (χ4n) is 2.42. The molecule has 0 saturated carbocycles. The quantitative estimate of drug-likeness (QED) is 0.590. The van der Waals surface area contributed by atoms with Crippen LogP contribution in [0.2, 0.25) is 5.02 Å². The van der Waals surface area contributed by atoms with Crippen molar-refractivity contribution >= 4 is 29.2 Å². The minimum absolute atomic E-state index is 0.0998. The van der Waals surface area contributed by atoms with Gasteiger partial charge in [0.05, 0.1) is 11.7 Å². The third-order valence-corrected chi connectivity index (χ3v) is 4.28. The zero-order valence-electron chi connectivity index (χ0n) is 13.9. The predicted molar refractivity (Wildman–Crippen MR) is 94.6 cm³/mol. The number of rotatable bonds is 7. The van der Waals surface area contributed by atoms with Crippen molar-refractivity contribution in [2.75, 3.05) is 5.32 Å². The Balaban J connectivity index is 2.17. The molecule has 0 bridgehead atoms. The van der Waals surface area contributed by atoms with Gasteiger partial charge in [-0.15, -0.1) is 0 Å². The number of anilines is 1. The zero-order valence-corrected chi connectivity index (χ0v) is 14.7. The van der Waals surface area contributed by atoms with Gasteiger partial charge >= 0.3 is 0 Å². The first-order valence-electron chi connectivity index (χ1n) is 7.81. The maximum atomic E-state index is 12.2. The Hall–Kier alpha value is -2.93. The first-order chi connectivity index (χ1) is 12.3. The molecule has 1 N–H and O–H groups in total. The lowest BCUT2D eigenvalue weighted by Gasteiger charge is -2.14. The smallest absolute Gasteiger partial charge is 0.237 e. The van der Waals surface area contributed by atoms with Gasteiger partial charge in [-0.3, -0.25) is 14.9 Å². The van der Waals surface area contributed by atoms with E-state index in [1.54, 1.807) is 12.1 Å². The van der Waals surface area contributed by atoms with Crippen molar-refractivity contribution in [2.45, 2.75) is 25.8 Å². The highest BCUT2D eigenvalue weighted by Crippen LogP contribution is 2.27. The fourth-order valence-corrected chi connectivity index (χ4v) is 2.66. The number of carbonyl (C=O) groups excluding carboxylic acids is 2. The van der Waals surface area contributed by atoms with Gasteiger partial charge in [-0.1, -0.05) is 35.9 Å². The van der Waals surface area contributed by atoms with E-state index in [4.69, 9.17) is 11.6 Å². The second kappa shape index (κ2) is 8.44. The van der Waals surface area contributed by atoms with Crippen LogP contribution in [0.3, 0.4) is 0 Å². The van der Waals surface area contributed by atoms with Crippen LogP contribution in [0.5, 0.6) is 0 Å². The van der Waals surface area contributed by atoms with E-state index in [9.17, 15) is 24.8 Å². The van der Waals surface area contributed by atoms with E-state index in [-0.39, 0.29) is 29.1 Å². The molecule has 0 spiro atoms. The second-order valence-corrected chi connectivity index (χ2v) is 6.10. The van der Waals surface area contributed by atoms with Gasteiger partial charge in [0.15, 0.2) is 0 Å². The molecule has 136 valence electrons. The third kappa shape index (κ3) is 4.80. The summed E-state index contributed by atoms with van der Waals surface area (Å²) in [5.41, 5.74) is 0.921. The summed E-state index contributed by atoms with van der Waals surface area (Å²) in [6.07, 6.45) is 0.529. The first-order valence-corrected chi connectivity index (χ1v) is 8.19. The lowest BCUT2D eigenvalue weighted by molar-refractivity contribution is -0.524. The molecular formula is C18H16ClN2O5-. The number of hydrogen-bond acceptors (Lipinski definition) is 5. The molecule has 8 heteroatoms. The van der Waals surface area contributed by atoms with Gasteiger partial charge < -0.3 is 15.2 Å². The van der Waals surface area contributed by atoms with Gasteiger partial charge in [-0.05, 0) is 35.7 Å². The van der Waals surface area contributed by atoms with Gasteiger partial charge in [0, 0.05) is 28.9 Å². The molecule has 0 saturated heterocycles. The summed E-state index contributed by atoms with van der Waals surface area (Å²) in [4.78, 5) is 33.7. The van der Waals surface area contributed by atoms with Crippen molar-refractivity contribution in [1.82, 2.24) is 0 Å². The highest BCUT2D eigenvalue weighted by atomic mass is 35.5. The molecule has 7 nitrogen and oxygen atoms in total. The van der Waals surface area contributed by atoms with Crippen molar-refractivity contribution in [1.29, 1.82) is 0 Å². The van der Waals surface area contributed by atoms with Crippen LogP contribution < -0.4 is 10.4 Å². The minimum atomic E-state index is -1.45.